The molecule has 1 unspecified atom stereocenters. The molecule has 1 aromatic rings. The molecular weight excluding hydrogens is 459 g/mol. The highest BCUT2D eigenvalue weighted by Gasteiger charge is 2.22. The molecule has 3 N–H and O–H groups in total. The molecular formula is C15H29IN4O2S2. The Bertz CT molecular complexity index is 601. The van der Waals surface area contributed by atoms with Gasteiger partial charge >= 0.3 is 0 Å². The number of halogens is 1. The van der Waals surface area contributed by atoms with E-state index in [0.717, 1.165) is 19.3 Å². The number of guanidine groups is 1. The molecule has 0 aromatic carbocycles. The molecule has 9 heteroatoms. The lowest BCUT2D eigenvalue weighted by molar-refractivity contribution is 0.464. The van der Waals surface area contributed by atoms with Gasteiger partial charge in [0.15, 0.2) is 5.96 Å². The van der Waals surface area contributed by atoms with E-state index in [9.17, 15) is 8.42 Å². The van der Waals surface area contributed by atoms with Crippen LogP contribution >= 0.6 is 35.3 Å². The normalized spacial score (nSPS) is 14.0. The van der Waals surface area contributed by atoms with E-state index in [1.165, 1.54) is 4.88 Å². The zero-order valence-electron chi connectivity index (χ0n) is 14.9. The van der Waals surface area contributed by atoms with Crippen molar-refractivity contribution in [3.05, 3.63) is 22.4 Å². The second-order valence-corrected chi connectivity index (χ2v) is 8.98. The molecule has 1 atom stereocenters. The first-order valence-electron chi connectivity index (χ1n) is 7.67. The smallest absolute Gasteiger partial charge is 0.209 e. The molecule has 0 amide bonds. The number of hydrogen-bond donors (Lipinski definition) is 3. The minimum atomic E-state index is -3.26. The molecule has 0 saturated carbocycles. The Morgan fingerprint density at radius 3 is 2.54 bits per heavy atom. The van der Waals surface area contributed by atoms with E-state index in [4.69, 9.17) is 0 Å². The summed E-state index contributed by atoms with van der Waals surface area (Å²) >= 11 is 1.74. The van der Waals surface area contributed by atoms with E-state index in [1.54, 1.807) is 11.3 Å². The summed E-state index contributed by atoms with van der Waals surface area (Å²) in [6.07, 6.45) is 1.16. The first kappa shape index (κ1) is 23.6. The summed E-state index contributed by atoms with van der Waals surface area (Å²) in [6, 6.07) is 4.18. The highest BCUT2D eigenvalue weighted by atomic mass is 127. The van der Waals surface area contributed by atoms with Crippen molar-refractivity contribution in [2.75, 3.05) is 25.9 Å². The van der Waals surface area contributed by atoms with Crippen LogP contribution < -0.4 is 15.4 Å². The van der Waals surface area contributed by atoms with Gasteiger partial charge in [0.25, 0.3) is 0 Å². The molecule has 1 rings (SSSR count). The topological polar surface area (TPSA) is 82.6 Å². The van der Waals surface area contributed by atoms with Gasteiger partial charge < -0.3 is 10.6 Å². The average Bonchev–Trinajstić information content (AvgIpc) is 2.93. The van der Waals surface area contributed by atoms with Crippen LogP contribution in [0.15, 0.2) is 22.5 Å². The molecule has 0 aliphatic rings. The van der Waals surface area contributed by atoms with E-state index in [2.05, 4.69) is 44.8 Å². The first-order valence-corrected chi connectivity index (χ1v) is 10.4. The highest BCUT2D eigenvalue weighted by molar-refractivity contribution is 14.0. The van der Waals surface area contributed by atoms with E-state index in [1.807, 2.05) is 20.8 Å². The summed E-state index contributed by atoms with van der Waals surface area (Å²) in [5.41, 5.74) is -0.630. The molecule has 1 heterocycles. The van der Waals surface area contributed by atoms with Gasteiger partial charge in [-0.25, -0.2) is 13.1 Å². The fourth-order valence-corrected chi connectivity index (χ4v) is 3.93. The van der Waals surface area contributed by atoms with Crippen LogP contribution in [-0.4, -0.2) is 45.8 Å². The van der Waals surface area contributed by atoms with Gasteiger partial charge in [0, 0.05) is 29.4 Å². The molecule has 0 radical (unpaired) electrons. The molecule has 0 spiro atoms. The number of hydrogen-bond acceptors (Lipinski definition) is 4. The second-order valence-electron chi connectivity index (χ2n) is 6.25. The van der Waals surface area contributed by atoms with Crippen LogP contribution in [0.2, 0.25) is 0 Å². The van der Waals surface area contributed by atoms with Gasteiger partial charge in [-0.2, -0.15) is 0 Å². The Balaban J connectivity index is 0.00000529. The first-order chi connectivity index (χ1) is 10.6. The fraction of sp³-hybridized carbons (Fsp3) is 0.667. The van der Waals surface area contributed by atoms with Crippen LogP contribution in [0.4, 0.5) is 0 Å². The number of nitrogens with one attached hydrogen (secondary N) is 3. The van der Waals surface area contributed by atoms with Crippen LogP contribution in [0.5, 0.6) is 0 Å². The lowest BCUT2D eigenvalue weighted by Gasteiger charge is -2.23. The molecule has 1 aromatic heterocycles. The molecule has 0 fully saturated rings. The minimum absolute atomic E-state index is 0. The Kier molecular flexibility index (Phi) is 10.4. The fourth-order valence-electron chi connectivity index (χ4n) is 2.07. The maximum absolute atomic E-state index is 11.4. The van der Waals surface area contributed by atoms with Crippen LogP contribution in [0.25, 0.3) is 0 Å². The van der Waals surface area contributed by atoms with Gasteiger partial charge in [0.2, 0.25) is 10.0 Å². The monoisotopic (exact) mass is 488 g/mol. The number of rotatable bonds is 8. The summed E-state index contributed by atoms with van der Waals surface area (Å²) in [7, 11) is -3.26. The van der Waals surface area contributed by atoms with E-state index >= 15 is 0 Å². The molecule has 0 saturated heterocycles. The summed E-state index contributed by atoms with van der Waals surface area (Å²) in [4.78, 5) is 5.82. The van der Waals surface area contributed by atoms with E-state index < -0.39 is 15.6 Å². The Morgan fingerprint density at radius 1 is 1.38 bits per heavy atom. The molecule has 6 nitrogen and oxygen atoms in total. The molecule has 140 valence electrons. The average molecular weight is 488 g/mol. The quantitative estimate of drug-likeness (QED) is 0.298. The second kappa shape index (κ2) is 10.6. The third-order valence-electron chi connectivity index (χ3n) is 3.04. The lowest BCUT2D eigenvalue weighted by Crippen LogP contribution is -2.47. The van der Waals surface area contributed by atoms with Gasteiger partial charge in [0.05, 0.1) is 12.8 Å². The minimum Gasteiger partial charge on any atom is -0.357 e. The van der Waals surface area contributed by atoms with Gasteiger partial charge in [-0.15, -0.1) is 35.3 Å². The van der Waals surface area contributed by atoms with Gasteiger partial charge in [-0.3, -0.25) is 4.99 Å². The third-order valence-corrected chi connectivity index (χ3v) is 5.07. The van der Waals surface area contributed by atoms with E-state index in [-0.39, 0.29) is 24.0 Å². The van der Waals surface area contributed by atoms with Crippen LogP contribution in [-0.2, 0) is 10.0 Å². The Labute approximate surface area is 167 Å². The maximum Gasteiger partial charge on any atom is 0.209 e. The Hall–Kier alpha value is -0.390. The lowest BCUT2D eigenvalue weighted by atomic mass is 10.1. The van der Waals surface area contributed by atoms with Crippen LogP contribution in [0, 0.1) is 0 Å². The zero-order valence-corrected chi connectivity index (χ0v) is 18.9. The molecule has 0 aliphatic carbocycles. The van der Waals surface area contributed by atoms with Crippen molar-refractivity contribution in [1.29, 1.82) is 0 Å². The van der Waals surface area contributed by atoms with Crippen molar-refractivity contribution in [3.8, 4) is 0 Å². The van der Waals surface area contributed by atoms with Gasteiger partial charge in [-0.1, -0.05) is 13.0 Å². The molecule has 0 aliphatic heterocycles. The summed E-state index contributed by atoms with van der Waals surface area (Å²) in [5, 5.41) is 8.57. The summed E-state index contributed by atoms with van der Waals surface area (Å²) in [6.45, 7) is 9.66. The van der Waals surface area contributed by atoms with Crippen molar-refractivity contribution in [3.63, 3.8) is 0 Å². The van der Waals surface area contributed by atoms with Crippen molar-refractivity contribution in [2.45, 2.75) is 39.2 Å². The number of aliphatic imine (C=N–C) groups is 1. The predicted octanol–water partition coefficient (Wildman–Crippen LogP) is 2.35. The summed E-state index contributed by atoms with van der Waals surface area (Å²) < 4.78 is 25.3. The van der Waals surface area contributed by atoms with Crippen molar-refractivity contribution >= 4 is 51.3 Å². The standard InChI is InChI=1S/C15H28N4O2S2.HI/c1-6-16-14(17-10-12(2)13-8-7-9-22-13)18-11-15(3,4)19-23(5,20)21;/h7-9,12,19H,6,10-11H2,1-5H3,(H2,16,17,18);1H. The molecule has 24 heavy (non-hydrogen) atoms. The van der Waals surface area contributed by atoms with Crippen LogP contribution in [0.1, 0.15) is 38.5 Å². The zero-order chi connectivity index (χ0) is 17.5. The van der Waals surface area contributed by atoms with Crippen molar-refractivity contribution < 1.29 is 8.42 Å². The van der Waals surface area contributed by atoms with Crippen molar-refractivity contribution in [1.82, 2.24) is 15.4 Å². The largest absolute Gasteiger partial charge is 0.357 e. The molecule has 0 bridgehead atoms. The van der Waals surface area contributed by atoms with Gasteiger partial charge in [0.1, 0.15) is 0 Å². The van der Waals surface area contributed by atoms with Gasteiger partial charge in [-0.05, 0) is 32.2 Å². The number of thiophene rings is 1. The Morgan fingerprint density at radius 2 is 2.04 bits per heavy atom. The predicted molar refractivity (Wildman–Crippen MR) is 114 cm³/mol. The van der Waals surface area contributed by atoms with E-state index in [0.29, 0.717) is 18.4 Å². The number of nitrogens with zero attached hydrogens (tertiary/aromatic N) is 1. The maximum atomic E-state index is 11.4. The highest BCUT2D eigenvalue weighted by Crippen LogP contribution is 2.19. The SMILES string of the molecule is CCNC(=NCC(C)(C)NS(C)(=O)=O)NCC(C)c1cccs1.I. The van der Waals surface area contributed by atoms with Crippen molar-refractivity contribution in [2.24, 2.45) is 4.99 Å². The summed E-state index contributed by atoms with van der Waals surface area (Å²) in [5.74, 6) is 1.08. The third kappa shape index (κ3) is 9.80. The number of sulfonamides is 1. The van der Waals surface area contributed by atoms with Crippen LogP contribution in [0.3, 0.4) is 0 Å².